The molecule has 3 aromatic carbocycles. The molecule has 0 spiro atoms. The molecule has 1 N–H and O–H groups in total. The van der Waals surface area contributed by atoms with Crippen LogP contribution in [-0.4, -0.2) is 30.3 Å². The fraction of sp³-hybridized carbons (Fsp3) is 0.200. The molecule has 0 aliphatic carbocycles. The zero-order valence-corrected chi connectivity index (χ0v) is 17.6. The Morgan fingerprint density at radius 2 is 1.93 bits per heavy atom. The molecule has 5 heteroatoms. The van der Waals surface area contributed by atoms with Crippen molar-refractivity contribution in [1.82, 2.24) is 4.90 Å². The largest absolute Gasteiger partial charge is 0.508 e. The fourth-order valence-corrected chi connectivity index (χ4v) is 5.01. The molecule has 0 amide bonds. The van der Waals surface area contributed by atoms with Crippen LogP contribution in [0.1, 0.15) is 11.1 Å². The number of phenols is 1. The van der Waals surface area contributed by atoms with Crippen molar-refractivity contribution in [3.05, 3.63) is 77.2 Å². The van der Waals surface area contributed by atoms with Crippen LogP contribution in [0.4, 0.5) is 0 Å². The molecule has 30 heavy (non-hydrogen) atoms. The first-order valence-electron chi connectivity index (χ1n) is 10.0. The van der Waals surface area contributed by atoms with Gasteiger partial charge in [-0.15, -0.1) is 11.3 Å². The molecule has 0 unspecified atom stereocenters. The summed E-state index contributed by atoms with van der Waals surface area (Å²) in [6.07, 6.45) is 0. The molecule has 0 atom stereocenters. The highest BCUT2D eigenvalue weighted by Crippen LogP contribution is 2.41. The average Bonchev–Trinajstić information content (AvgIpc) is 3.09. The molecule has 0 fully saturated rings. The fourth-order valence-electron chi connectivity index (χ4n) is 4.04. The topological polar surface area (TPSA) is 41.9 Å². The van der Waals surface area contributed by atoms with Gasteiger partial charge in [0.25, 0.3) is 0 Å². The molecule has 0 saturated heterocycles. The predicted molar refractivity (Wildman–Crippen MR) is 122 cm³/mol. The van der Waals surface area contributed by atoms with Crippen molar-refractivity contribution in [1.29, 1.82) is 0 Å². The number of ether oxygens (including phenoxy) is 2. The number of benzene rings is 3. The second kappa shape index (κ2) is 8.01. The van der Waals surface area contributed by atoms with E-state index in [1.165, 1.54) is 21.2 Å². The normalized spacial score (nSPS) is 14.2. The number of hydrogen-bond donors (Lipinski definition) is 1. The summed E-state index contributed by atoms with van der Waals surface area (Å²) in [5.41, 5.74) is 4.68. The second-order valence-electron chi connectivity index (χ2n) is 7.54. The minimum atomic E-state index is 0.292. The lowest BCUT2D eigenvalue weighted by atomic mass is 10.0. The van der Waals surface area contributed by atoms with Crippen molar-refractivity contribution in [2.24, 2.45) is 0 Å². The number of phenolic OH excluding ortho intramolecular Hbond substituents is 1. The third kappa shape index (κ3) is 3.62. The van der Waals surface area contributed by atoms with Crippen LogP contribution in [0, 0.1) is 0 Å². The van der Waals surface area contributed by atoms with Crippen LogP contribution in [0.3, 0.4) is 0 Å². The second-order valence-corrected chi connectivity index (χ2v) is 8.45. The van der Waals surface area contributed by atoms with Gasteiger partial charge in [0.1, 0.15) is 12.4 Å². The monoisotopic (exact) mass is 417 g/mol. The number of aromatic hydroxyl groups is 1. The van der Waals surface area contributed by atoms with Crippen LogP contribution >= 0.6 is 11.3 Å². The Labute approximate surface area is 179 Å². The molecule has 0 radical (unpaired) electrons. The summed E-state index contributed by atoms with van der Waals surface area (Å²) in [5, 5.41) is 13.0. The highest BCUT2D eigenvalue weighted by molar-refractivity contribution is 7.17. The van der Waals surface area contributed by atoms with E-state index < -0.39 is 0 Å². The first-order chi connectivity index (χ1) is 14.7. The van der Waals surface area contributed by atoms with Crippen molar-refractivity contribution >= 4 is 21.4 Å². The maximum atomic E-state index is 9.54. The standard InChI is InChI=1S/C25H23NO3S/c1-28-23-13-18(22-16-30-24-5-3-2-4-21(22)24)12-19-15-26(10-11-29-25(19)23)14-17-6-8-20(27)9-7-17/h2-9,12-13,16,27H,10-11,14-15H2,1H3. The number of nitrogens with zero attached hydrogens (tertiary/aromatic N) is 1. The maximum Gasteiger partial charge on any atom is 0.165 e. The van der Waals surface area contributed by atoms with Gasteiger partial charge in [-0.3, -0.25) is 4.90 Å². The Morgan fingerprint density at radius 3 is 2.77 bits per heavy atom. The van der Waals surface area contributed by atoms with Crippen LogP contribution in [0.5, 0.6) is 17.2 Å². The molecular weight excluding hydrogens is 394 g/mol. The average molecular weight is 418 g/mol. The van der Waals surface area contributed by atoms with Gasteiger partial charge in [-0.25, -0.2) is 0 Å². The van der Waals surface area contributed by atoms with E-state index in [-0.39, 0.29) is 0 Å². The molecular formula is C25H23NO3S. The summed E-state index contributed by atoms with van der Waals surface area (Å²) in [4.78, 5) is 2.37. The number of rotatable bonds is 4. The summed E-state index contributed by atoms with van der Waals surface area (Å²) < 4.78 is 13.1. The first kappa shape index (κ1) is 19.0. The van der Waals surface area contributed by atoms with E-state index in [1.807, 2.05) is 12.1 Å². The van der Waals surface area contributed by atoms with E-state index >= 15 is 0 Å². The summed E-state index contributed by atoms with van der Waals surface area (Å²) in [7, 11) is 1.70. The number of fused-ring (bicyclic) bond motifs is 2. The summed E-state index contributed by atoms with van der Waals surface area (Å²) in [6, 6.07) is 20.2. The summed E-state index contributed by atoms with van der Waals surface area (Å²) in [6.45, 7) is 3.02. The van der Waals surface area contributed by atoms with Crippen molar-refractivity contribution in [2.75, 3.05) is 20.3 Å². The van der Waals surface area contributed by atoms with Crippen LogP contribution < -0.4 is 9.47 Å². The van der Waals surface area contributed by atoms with Crippen molar-refractivity contribution < 1.29 is 14.6 Å². The molecule has 1 aromatic heterocycles. The van der Waals surface area contributed by atoms with Crippen LogP contribution in [0.25, 0.3) is 21.2 Å². The van der Waals surface area contributed by atoms with Crippen molar-refractivity contribution in [2.45, 2.75) is 13.1 Å². The van der Waals surface area contributed by atoms with Crippen molar-refractivity contribution in [3.63, 3.8) is 0 Å². The van der Waals surface area contributed by atoms with E-state index in [4.69, 9.17) is 9.47 Å². The van der Waals surface area contributed by atoms with Crippen LogP contribution in [-0.2, 0) is 13.1 Å². The van der Waals surface area contributed by atoms with Gasteiger partial charge in [-0.2, -0.15) is 0 Å². The van der Waals surface area contributed by atoms with E-state index in [2.05, 4.69) is 46.7 Å². The van der Waals surface area contributed by atoms with Gasteiger partial charge in [0.15, 0.2) is 11.5 Å². The Hall–Kier alpha value is -3.02. The Balaban J connectivity index is 1.51. The van der Waals surface area contributed by atoms with E-state index in [0.29, 0.717) is 12.4 Å². The molecule has 0 bridgehead atoms. The lowest BCUT2D eigenvalue weighted by molar-refractivity contribution is 0.217. The summed E-state index contributed by atoms with van der Waals surface area (Å²) >= 11 is 1.76. The Bertz CT molecular complexity index is 1180. The smallest absolute Gasteiger partial charge is 0.165 e. The number of hydrogen-bond acceptors (Lipinski definition) is 5. The zero-order valence-electron chi connectivity index (χ0n) is 16.8. The lowest BCUT2D eigenvalue weighted by Gasteiger charge is -2.20. The number of methoxy groups -OCH3 is 1. The van der Waals surface area contributed by atoms with Gasteiger partial charge in [-0.1, -0.05) is 30.3 Å². The molecule has 1 aliphatic heterocycles. The SMILES string of the molecule is COc1cc(-c2csc3ccccc23)cc2c1OCCN(Cc1ccc(O)cc1)C2. The molecule has 0 saturated carbocycles. The van der Waals surface area contributed by atoms with Crippen LogP contribution in [0.15, 0.2) is 66.0 Å². The van der Waals surface area contributed by atoms with Gasteiger partial charge in [-0.05, 0) is 46.8 Å². The van der Waals surface area contributed by atoms with Gasteiger partial charge in [0.2, 0.25) is 0 Å². The van der Waals surface area contributed by atoms with E-state index in [1.54, 1.807) is 30.6 Å². The Morgan fingerprint density at radius 1 is 1.10 bits per heavy atom. The molecule has 5 rings (SSSR count). The van der Waals surface area contributed by atoms with E-state index in [9.17, 15) is 5.11 Å². The summed E-state index contributed by atoms with van der Waals surface area (Å²) in [5.74, 6) is 1.92. The minimum Gasteiger partial charge on any atom is -0.508 e. The highest BCUT2D eigenvalue weighted by Gasteiger charge is 2.21. The van der Waals surface area contributed by atoms with Gasteiger partial charge < -0.3 is 14.6 Å². The maximum absolute atomic E-state index is 9.54. The van der Waals surface area contributed by atoms with E-state index in [0.717, 1.165) is 42.3 Å². The van der Waals surface area contributed by atoms with Crippen molar-refractivity contribution in [3.8, 4) is 28.4 Å². The van der Waals surface area contributed by atoms with Gasteiger partial charge >= 0.3 is 0 Å². The zero-order chi connectivity index (χ0) is 20.5. The third-order valence-electron chi connectivity index (χ3n) is 5.53. The highest BCUT2D eigenvalue weighted by atomic mass is 32.1. The quantitative estimate of drug-likeness (QED) is 0.464. The number of thiophene rings is 1. The van der Waals surface area contributed by atoms with Crippen LogP contribution in [0.2, 0.25) is 0 Å². The molecule has 152 valence electrons. The predicted octanol–water partition coefficient (Wildman–Crippen LogP) is 5.68. The van der Waals surface area contributed by atoms with Gasteiger partial charge in [0.05, 0.1) is 7.11 Å². The lowest BCUT2D eigenvalue weighted by Crippen LogP contribution is -2.25. The van der Waals surface area contributed by atoms with Gasteiger partial charge in [0, 0.05) is 40.8 Å². The molecule has 4 aromatic rings. The Kier molecular flexibility index (Phi) is 5.07. The molecule has 4 nitrogen and oxygen atoms in total. The first-order valence-corrected chi connectivity index (χ1v) is 10.9. The third-order valence-corrected chi connectivity index (χ3v) is 6.50. The molecule has 1 aliphatic rings. The molecule has 2 heterocycles. The minimum absolute atomic E-state index is 0.292.